The highest BCUT2D eigenvalue weighted by Gasteiger charge is 2.14. The second-order valence-corrected chi connectivity index (χ2v) is 7.52. The molecule has 2 aliphatic rings. The summed E-state index contributed by atoms with van der Waals surface area (Å²) in [7, 11) is 0. The van der Waals surface area contributed by atoms with E-state index in [0.29, 0.717) is 12.6 Å². The highest BCUT2D eigenvalue weighted by atomic mass is 16.5. The Morgan fingerprint density at radius 3 is 2.66 bits per heavy atom. The normalized spacial score (nSPS) is 15.8. The summed E-state index contributed by atoms with van der Waals surface area (Å²) in [5.41, 5.74) is 8.25. The van der Waals surface area contributed by atoms with E-state index in [9.17, 15) is 0 Å². The van der Waals surface area contributed by atoms with Gasteiger partial charge in [-0.3, -0.25) is 10.4 Å². The molecule has 3 heterocycles. The summed E-state index contributed by atoms with van der Waals surface area (Å²) in [6, 6.07) is 18.4. The van der Waals surface area contributed by atoms with Crippen LogP contribution in [0.15, 0.2) is 78.4 Å². The molecule has 0 unspecified atom stereocenters. The molecule has 0 spiro atoms. The molecule has 2 aliphatic heterocycles. The lowest BCUT2D eigenvalue weighted by molar-refractivity contribution is 0.122. The van der Waals surface area contributed by atoms with E-state index in [4.69, 9.17) is 9.72 Å². The summed E-state index contributed by atoms with van der Waals surface area (Å²) >= 11 is 0. The zero-order valence-corrected chi connectivity index (χ0v) is 17.7. The average molecular weight is 428 g/mol. The second kappa shape index (κ2) is 9.07. The minimum Gasteiger partial charge on any atom is -0.378 e. The zero-order chi connectivity index (χ0) is 21.8. The molecule has 162 valence electrons. The van der Waals surface area contributed by atoms with Crippen LogP contribution in [0.3, 0.4) is 0 Å². The largest absolute Gasteiger partial charge is 0.378 e. The molecule has 32 heavy (non-hydrogen) atoms. The van der Waals surface area contributed by atoms with Gasteiger partial charge < -0.3 is 15.0 Å². The minimum atomic E-state index is 0.558. The third-order valence-electron chi connectivity index (χ3n) is 5.43. The van der Waals surface area contributed by atoms with Crippen molar-refractivity contribution in [3.63, 3.8) is 0 Å². The maximum absolute atomic E-state index is 5.47. The van der Waals surface area contributed by atoms with E-state index in [1.54, 1.807) is 12.3 Å². The quantitative estimate of drug-likeness (QED) is 0.622. The third-order valence-corrected chi connectivity index (χ3v) is 5.43. The molecule has 5 rings (SSSR count). The summed E-state index contributed by atoms with van der Waals surface area (Å²) in [5.74, 6) is 1.33. The molecule has 0 aliphatic carbocycles. The molecular formula is C24H25N7O. The molecule has 2 aromatic carbocycles. The standard InChI is InChI=1S/C24H25N7O/c1-2-23-26-17-31(29-23)20-8-6-19(7-9-20)27-24-25-11-10-22(28-24)18-4-3-5-21(16-18)30-12-14-32-15-13-30/h2-11,16H,1,12-15,17H2,(H,26,29)(H,25,27,28). The van der Waals surface area contributed by atoms with Crippen molar-refractivity contribution in [3.05, 3.63) is 73.4 Å². The number of nitrogens with zero attached hydrogens (tertiary/aromatic N) is 5. The van der Waals surface area contributed by atoms with Gasteiger partial charge in [0.15, 0.2) is 0 Å². The number of rotatable bonds is 6. The van der Waals surface area contributed by atoms with E-state index >= 15 is 0 Å². The lowest BCUT2D eigenvalue weighted by Gasteiger charge is -2.29. The fourth-order valence-corrected chi connectivity index (χ4v) is 3.73. The van der Waals surface area contributed by atoms with Crippen LogP contribution in [-0.4, -0.2) is 48.8 Å². The lowest BCUT2D eigenvalue weighted by Crippen LogP contribution is -2.36. The molecule has 8 heteroatoms. The molecule has 1 saturated heterocycles. The van der Waals surface area contributed by atoms with Crippen LogP contribution in [0.2, 0.25) is 0 Å². The Bertz CT molecular complexity index is 1120. The van der Waals surface area contributed by atoms with Crippen molar-refractivity contribution in [1.82, 2.24) is 15.4 Å². The van der Waals surface area contributed by atoms with Crippen LogP contribution in [0.1, 0.15) is 0 Å². The highest BCUT2D eigenvalue weighted by Crippen LogP contribution is 2.26. The number of hydrogen-bond donors (Lipinski definition) is 2. The predicted molar refractivity (Wildman–Crippen MR) is 128 cm³/mol. The van der Waals surface area contributed by atoms with Crippen LogP contribution < -0.4 is 20.7 Å². The van der Waals surface area contributed by atoms with Gasteiger partial charge in [0.05, 0.1) is 24.6 Å². The predicted octanol–water partition coefficient (Wildman–Crippen LogP) is 3.59. The molecule has 2 N–H and O–H groups in total. The molecule has 0 saturated carbocycles. The number of ether oxygens (including phenoxy) is 1. The van der Waals surface area contributed by atoms with Crippen LogP contribution in [-0.2, 0) is 4.74 Å². The third kappa shape index (κ3) is 4.40. The van der Waals surface area contributed by atoms with Crippen LogP contribution >= 0.6 is 0 Å². The smallest absolute Gasteiger partial charge is 0.227 e. The molecule has 1 fully saturated rings. The summed E-state index contributed by atoms with van der Waals surface area (Å²) in [4.78, 5) is 15.8. The number of benzene rings is 2. The van der Waals surface area contributed by atoms with Crippen molar-refractivity contribution in [2.75, 3.05) is 48.2 Å². The van der Waals surface area contributed by atoms with E-state index < -0.39 is 0 Å². The van der Waals surface area contributed by atoms with Crippen molar-refractivity contribution in [1.29, 1.82) is 0 Å². The summed E-state index contributed by atoms with van der Waals surface area (Å²) in [5, 5.41) is 5.25. The van der Waals surface area contributed by atoms with Gasteiger partial charge >= 0.3 is 0 Å². The Labute approximate surface area is 187 Å². The molecular weight excluding hydrogens is 402 g/mol. The Morgan fingerprint density at radius 2 is 1.88 bits per heavy atom. The minimum absolute atomic E-state index is 0.558. The van der Waals surface area contributed by atoms with Crippen molar-refractivity contribution >= 4 is 28.8 Å². The Balaban J connectivity index is 1.29. The van der Waals surface area contributed by atoms with Gasteiger partial charge in [0.25, 0.3) is 0 Å². The first-order chi connectivity index (χ1) is 15.8. The Hall–Kier alpha value is -3.91. The van der Waals surface area contributed by atoms with Crippen molar-refractivity contribution in [2.24, 2.45) is 4.99 Å². The van der Waals surface area contributed by atoms with Crippen LogP contribution in [0.5, 0.6) is 0 Å². The van der Waals surface area contributed by atoms with Crippen LogP contribution in [0.4, 0.5) is 23.0 Å². The molecule has 8 nitrogen and oxygen atoms in total. The Kier molecular flexibility index (Phi) is 5.67. The van der Waals surface area contributed by atoms with Crippen molar-refractivity contribution < 1.29 is 4.74 Å². The number of hydrogen-bond acceptors (Lipinski definition) is 8. The molecule has 3 aromatic rings. The van der Waals surface area contributed by atoms with Gasteiger partial charge in [-0.25, -0.2) is 15.0 Å². The first-order valence-corrected chi connectivity index (χ1v) is 10.6. The highest BCUT2D eigenvalue weighted by molar-refractivity contribution is 5.95. The molecule has 0 amide bonds. The number of morpholine rings is 1. The molecule has 1 aromatic heterocycles. The van der Waals surface area contributed by atoms with Gasteiger partial charge in [-0.05, 0) is 48.5 Å². The number of nitrogens with one attached hydrogen (secondary N) is 2. The average Bonchev–Trinajstić information content (AvgIpc) is 3.35. The SMILES string of the molecule is C=CC1=NCN(c2ccc(Nc3nccc(-c4cccc(N5CCOCC5)c4)n3)cc2)N1. The van der Waals surface area contributed by atoms with Crippen LogP contribution in [0, 0.1) is 0 Å². The van der Waals surface area contributed by atoms with Gasteiger partial charge in [-0.2, -0.15) is 0 Å². The topological polar surface area (TPSA) is 77.9 Å². The van der Waals surface area contributed by atoms with E-state index in [-0.39, 0.29) is 0 Å². The molecule has 0 radical (unpaired) electrons. The molecule has 0 bridgehead atoms. The van der Waals surface area contributed by atoms with Crippen LogP contribution in [0.25, 0.3) is 11.3 Å². The first kappa shape index (κ1) is 20.0. The lowest BCUT2D eigenvalue weighted by atomic mass is 10.1. The zero-order valence-electron chi connectivity index (χ0n) is 17.7. The molecule has 0 atom stereocenters. The van der Waals surface area contributed by atoms with E-state index in [1.165, 1.54) is 5.69 Å². The van der Waals surface area contributed by atoms with Gasteiger partial charge in [0, 0.05) is 36.2 Å². The summed E-state index contributed by atoms with van der Waals surface area (Å²) < 4.78 is 5.47. The summed E-state index contributed by atoms with van der Waals surface area (Å²) in [6.45, 7) is 7.64. The number of hydrazine groups is 1. The van der Waals surface area contributed by atoms with Gasteiger partial charge in [0.1, 0.15) is 12.5 Å². The summed E-state index contributed by atoms with van der Waals surface area (Å²) in [6.07, 6.45) is 3.49. The van der Waals surface area contributed by atoms with Gasteiger partial charge in [-0.15, -0.1) is 0 Å². The maximum atomic E-state index is 5.47. The van der Waals surface area contributed by atoms with E-state index in [2.05, 4.69) is 56.5 Å². The number of amidine groups is 1. The monoisotopic (exact) mass is 427 g/mol. The first-order valence-electron chi connectivity index (χ1n) is 10.6. The maximum Gasteiger partial charge on any atom is 0.227 e. The van der Waals surface area contributed by atoms with Crippen molar-refractivity contribution in [2.45, 2.75) is 0 Å². The fourth-order valence-electron chi connectivity index (χ4n) is 3.73. The van der Waals surface area contributed by atoms with Crippen molar-refractivity contribution in [3.8, 4) is 11.3 Å². The Morgan fingerprint density at radius 1 is 1.03 bits per heavy atom. The number of aliphatic imine (C=N–C) groups is 1. The number of aromatic nitrogens is 2. The van der Waals surface area contributed by atoms with Gasteiger partial charge in [0.2, 0.25) is 5.95 Å². The van der Waals surface area contributed by atoms with E-state index in [1.807, 2.05) is 35.3 Å². The fraction of sp³-hybridized carbons (Fsp3) is 0.208. The van der Waals surface area contributed by atoms with Gasteiger partial charge in [-0.1, -0.05) is 18.7 Å². The second-order valence-electron chi connectivity index (χ2n) is 7.52. The number of anilines is 4. The van der Waals surface area contributed by atoms with E-state index in [0.717, 1.165) is 54.8 Å².